The summed E-state index contributed by atoms with van der Waals surface area (Å²) < 4.78 is 78.5. The second-order valence-electron chi connectivity index (χ2n) is 20.4. The fourth-order valence-corrected chi connectivity index (χ4v) is 14.0. The number of hydrogen-bond donors (Lipinski definition) is 2. The Morgan fingerprint density at radius 1 is 0.875 bits per heavy atom. The van der Waals surface area contributed by atoms with E-state index in [-0.39, 0.29) is 107 Å². The highest BCUT2D eigenvalue weighted by Gasteiger charge is 2.55. The van der Waals surface area contributed by atoms with Crippen LogP contribution in [0.15, 0.2) is 53.5 Å². The molecule has 15 heteroatoms. The van der Waals surface area contributed by atoms with Gasteiger partial charge in [-0.1, -0.05) is 67.3 Å². The van der Waals surface area contributed by atoms with Gasteiger partial charge in [-0.15, -0.1) is 0 Å². The summed E-state index contributed by atoms with van der Waals surface area (Å²) in [6.45, 7) is 16.7. The van der Waals surface area contributed by atoms with Crippen LogP contribution in [0.25, 0.3) is 0 Å². The van der Waals surface area contributed by atoms with Crippen molar-refractivity contribution < 1.29 is 60.8 Å². The molecule has 8 rings (SSSR count). The smallest absolute Gasteiger partial charge is 0.297 e. The number of benzene rings is 1. The van der Waals surface area contributed by atoms with Crippen LogP contribution in [0.1, 0.15) is 110 Å². The third kappa shape index (κ3) is 10.9. The number of aliphatic hydroxyl groups is 2. The van der Waals surface area contributed by atoms with Crippen LogP contribution in [0.2, 0.25) is 0 Å². The predicted octanol–water partition coefficient (Wildman–Crippen LogP) is 6.89. The molecule has 0 spiro atoms. The largest absolute Gasteiger partial charge is 0.393 e. The number of aliphatic hydroxyl groups excluding tert-OH is 2. The van der Waals surface area contributed by atoms with Crippen molar-refractivity contribution in [3.8, 4) is 0 Å². The first kappa shape index (κ1) is 49.1. The molecule has 0 saturated carbocycles. The third-order valence-electron chi connectivity index (χ3n) is 15.5. The molecule has 7 heterocycles. The maximum absolute atomic E-state index is 14.4. The topological polar surface area (TPSA) is 166 Å². The molecule has 7 aliphatic rings. The van der Waals surface area contributed by atoms with Crippen LogP contribution in [0.4, 0.5) is 0 Å². The van der Waals surface area contributed by atoms with E-state index in [0.717, 1.165) is 48.8 Å². The van der Waals surface area contributed by atoms with Gasteiger partial charge in [-0.05, 0) is 94.4 Å². The monoisotopic (exact) mass is 1030 g/mol. The van der Waals surface area contributed by atoms with Crippen molar-refractivity contribution in [3.63, 3.8) is 0 Å². The first-order valence-electron chi connectivity index (χ1n) is 23.7. The number of alkyl halides is 1. The van der Waals surface area contributed by atoms with E-state index >= 15 is 0 Å². The van der Waals surface area contributed by atoms with Crippen LogP contribution in [-0.2, 0) is 52.3 Å². The van der Waals surface area contributed by atoms with Crippen molar-refractivity contribution in [1.29, 1.82) is 0 Å². The molecular formula is C49H71IO13S. The molecule has 0 aromatic heterocycles. The zero-order chi connectivity index (χ0) is 45.7. The van der Waals surface area contributed by atoms with Gasteiger partial charge in [-0.3, -0.25) is 8.98 Å². The minimum absolute atomic E-state index is 0.00206. The van der Waals surface area contributed by atoms with Gasteiger partial charge >= 0.3 is 0 Å². The number of aryl methyl sites for hydroxylation is 1. The fraction of sp³-hybridized carbons (Fsp3) is 0.776. The standard InChI is InChI=1S/C49H71IO13S/c1-26-8-12-36(13-9-26)64(54,55)57-25-32(52)22-43-46(56-7)37-21-31(51)20-34-11-15-40-47(60-34)48-44(50)45(62-40)30(5)38(53)24-49(6,63-48)17-16-35-19-28(3)39(58-35)14-10-33-18-27(2)29(4)41(59-33)23-42(37)61-43/h8-9,12-13,27,30,32-35,37-48,52-53H,3-4,10-11,14-25H2,1-2,5-7H3/t27-,30?,32?,33+,34?,35?,37?,38-,39+,40?,41-,42?,43-,44?,45+,46-,47?,48?,49+/m1/s1. The second-order valence-corrected chi connectivity index (χ2v) is 23.5. The molecule has 7 aliphatic heterocycles. The van der Waals surface area contributed by atoms with E-state index in [9.17, 15) is 23.4 Å². The number of hydrogen-bond acceptors (Lipinski definition) is 13. The first-order valence-corrected chi connectivity index (χ1v) is 26.4. The maximum Gasteiger partial charge on any atom is 0.297 e. The number of carbonyl (C=O) groups excluding carboxylic acids is 1. The lowest BCUT2D eigenvalue weighted by Gasteiger charge is -2.54. The summed E-state index contributed by atoms with van der Waals surface area (Å²) in [7, 11) is -2.52. The summed E-state index contributed by atoms with van der Waals surface area (Å²) in [6.07, 6.45) is 1.92. The van der Waals surface area contributed by atoms with Crippen LogP contribution in [0.3, 0.4) is 0 Å². The van der Waals surface area contributed by atoms with Gasteiger partial charge in [-0.2, -0.15) is 8.42 Å². The Morgan fingerprint density at radius 2 is 1.59 bits per heavy atom. The Labute approximate surface area is 393 Å². The summed E-state index contributed by atoms with van der Waals surface area (Å²) in [5, 5.41) is 22.8. The van der Waals surface area contributed by atoms with Gasteiger partial charge < -0.3 is 43.4 Å². The number of halogens is 1. The molecule has 19 atom stereocenters. The Bertz CT molecular complexity index is 1930. The predicted molar refractivity (Wildman–Crippen MR) is 247 cm³/mol. The number of methoxy groups -OCH3 is 1. The fourth-order valence-electron chi connectivity index (χ4n) is 11.7. The van der Waals surface area contributed by atoms with Crippen molar-refractivity contribution >= 4 is 38.5 Å². The summed E-state index contributed by atoms with van der Waals surface area (Å²) in [6, 6.07) is 6.34. The molecule has 7 fully saturated rings. The van der Waals surface area contributed by atoms with E-state index in [1.807, 2.05) is 6.92 Å². The van der Waals surface area contributed by atoms with Crippen molar-refractivity contribution in [2.75, 3.05) is 13.7 Å². The Morgan fingerprint density at radius 3 is 2.34 bits per heavy atom. The Hall–Kier alpha value is -1.35. The molecule has 2 N–H and O–H groups in total. The Kier molecular flexibility index (Phi) is 15.6. The number of Topliss-reactive ketones (excluding diaryl/α,β-unsaturated/α-hetero) is 1. The average molecular weight is 1030 g/mol. The van der Waals surface area contributed by atoms with E-state index in [4.69, 9.17) is 37.3 Å². The van der Waals surface area contributed by atoms with Gasteiger partial charge in [0.25, 0.3) is 10.1 Å². The molecule has 0 radical (unpaired) electrons. The number of fused-ring (bicyclic) bond motifs is 8. The normalized spacial score (nSPS) is 44.1. The average Bonchev–Trinajstić information content (AvgIpc) is 3.77. The minimum atomic E-state index is -4.11. The van der Waals surface area contributed by atoms with Crippen LogP contribution in [0, 0.1) is 24.7 Å². The summed E-state index contributed by atoms with van der Waals surface area (Å²) in [4.78, 5) is 14.4. The molecule has 10 unspecified atom stereocenters. The van der Waals surface area contributed by atoms with Crippen molar-refractivity contribution in [3.05, 3.63) is 54.1 Å². The summed E-state index contributed by atoms with van der Waals surface area (Å²) >= 11 is 2.43. The summed E-state index contributed by atoms with van der Waals surface area (Å²) in [5.41, 5.74) is 2.36. The molecule has 0 aliphatic carbocycles. The first-order chi connectivity index (χ1) is 30.4. The van der Waals surface area contributed by atoms with E-state index in [1.54, 1.807) is 19.2 Å². The SMILES string of the molecule is C=C1CC2CC[C@@]3(C)C[C@@H](O)C(C)[C@@H]4OC5CCC(CC(=O)CC6C(C[C@H]7O[C@@H](CC[C@@H]1O2)C[C@@H](C)C7=C)O[C@H](CC(O)COS(=O)(=O)c1ccc(C)cc1)[C@@H]6OC)OC5C(O3)C4I. The highest BCUT2D eigenvalue weighted by atomic mass is 127. The maximum atomic E-state index is 14.4. The van der Waals surface area contributed by atoms with Crippen molar-refractivity contribution in [2.45, 2.75) is 211 Å². The number of ether oxygens (including phenoxy) is 7. The van der Waals surface area contributed by atoms with E-state index in [0.29, 0.717) is 32.1 Å². The lowest BCUT2D eigenvalue weighted by Crippen LogP contribution is -2.65. The van der Waals surface area contributed by atoms with Gasteiger partial charge in [0.15, 0.2) is 0 Å². The molecule has 13 nitrogen and oxygen atoms in total. The van der Waals surface area contributed by atoms with Crippen molar-refractivity contribution in [2.24, 2.45) is 17.8 Å². The van der Waals surface area contributed by atoms with Gasteiger partial charge in [0.2, 0.25) is 0 Å². The number of rotatable bonds is 7. The molecule has 64 heavy (non-hydrogen) atoms. The second kappa shape index (κ2) is 20.3. The number of ketones is 1. The van der Waals surface area contributed by atoms with E-state index < -0.39 is 52.8 Å². The number of carbonyl (C=O) groups is 1. The van der Waals surface area contributed by atoms with Crippen LogP contribution in [0.5, 0.6) is 0 Å². The molecule has 1 aromatic carbocycles. The highest BCUT2D eigenvalue weighted by Crippen LogP contribution is 2.47. The Balaban J connectivity index is 1.04. The molecule has 9 bridgehead atoms. The molecule has 0 amide bonds. The lowest BCUT2D eigenvalue weighted by molar-refractivity contribution is -0.276. The minimum Gasteiger partial charge on any atom is -0.393 e. The van der Waals surface area contributed by atoms with Gasteiger partial charge in [0, 0.05) is 51.0 Å². The lowest BCUT2D eigenvalue weighted by atomic mass is 9.78. The summed E-state index contributed by atoms with van der Waals surface area (Å²) in [5.74, 6) is -0.273. The third-order valence-corrected chi connectivity index (χ3v) is 18.2. The van der Waals surface area contributed by atoms with E-state index in [1.165, 1.54) is 12.1 Å². The van der Waals surface area contributed by atoms with Gasteiger partial charge in [0.1, 0.15) is 18.0 Å². The molecule has 7 saturated heterocycles. The van der Waals surface area contributed by atoms with Gasteiger partial charge in [-0.25, -0.2) is 0 Å². The van der Waals surface area contributed by atoms with Crippen LogP contribution < -0.4 is 0 Å². The van der Waals surface area contributed by atoms with Gasteiger partial charge in [0.05, 0.1) is 94.3 Å². The van der Waals surface area contributed by atoms with Crippen LogP contribution in [-0.4, -0.2) is 133 Å². The zero-order valence-corrected chi connectivity index (χ0v) is 41.2. The zero-order valence-electron chi connectivity index (χ0n) is 38.2. The molecule has 358 valence electrons. The van der Waals surface area contributed by atoms with Crippen LogP contribution >= 0.6 is 22.6 Å². The highest BCUT2D eigenvalue weighted by molar-refractivity contribution is 14.1. The quantitative estimate of drug-likeness (QED) is 0.126. The van der Waals surface area contributed by atoms with E-state index in [2.05, 4.69) is 56.5 Å². The molecule has 1 aromatic rings. The molecular weight excluding hydrogens is 955 g/mol. The van der Waals surface area contributed by atoms with Crippen molar-refractivity contribution in [1.82, 2.24) is 0 Å².